The third-order valence-electron chi connectivity index (χ3n) is 7.17. The first kappa shape index (κ1) is 33.1. The Labute approximate surface area is 241 Å². The topological polar surface area (TPSA) is 76.7 Å². The minimum atomic E-state index is -4.54. The van der Waals surface area contributed by atoms with Gasteiger partial charge in [-0.1, -0.05) is 32.9 Å². The summed E-state index contributed by atoms with van der Waals surface area (Å²) in [5, 5.41) is 5.77. The third-order valence-corrected chi connectivity index (χ3v) is 7.17. The number of amides is 2. The maximum Gasteiger partial charge on any atom is 0.416 e. The number of ether oxygens (including phenoxy) is 2. The molecule has 2 amide bonds. The van der Waals surface area contributed by atoms with Gasteiger partial charge in [-0.2, -0.15) is 26.3 Å². The second-order valence-corrected chi connectivity index (χ2v) is 12.1. The average Bonchev–Trinajstić information content (AvgIpc) is 2.85. The van der Waals surface area contributed by atoms with Crippen LogP contribution in [0.15, 0.2) is 48.5 Å². The second-order valence-electron chi connectivity index (χ2n) is 12.1. The zero-order valence-corrected chi connectivity index (χ0v) is 24.1. The van der Waals surface area contributed by atoms with E-state index in [1.807, 2.05) is 20.8 Å². The number of halogens is 6. The van der Waals surface area contributed by atoms with Gasteiger partial charge >= 0.3 is 12.4 Å². The molecule has 0 spiro atoms. The Morgan fingerprint density at radius 2 is 1.31 bits per heavy atom. The Morgan fingerprint density at radius 3 is 1.79 bits per heavy atom. The molecule has 4 atom stereocenters. The molecule has 3 rings (SSSR count). The highest BCUT2D eigenvalue weighted by molar-refractivity contribution is 5.81. The quantitative estimate of drug-likeness (QED) is 0.311. The fourth-order valence-electron chi connectivity index (χ4n) is 5.64. The standard InChI is InChI=1S/C30H36F6N2O4/c1-18(41-23-10-6-8-20(12-23)29(31,32)33)25(39)37-17-28(5)15-22(14-27(3,4)16-28)38-26(40)19(2)42-24-11-7-9-21(13-24)30(34,35)36/h6-13,18-19,22H,14-17H2,1-5H3,(H,37,39)(H,38,40). The summed E-state index contributed by atoms with van der Waals surface area (Å²) in [6.45, 7) is 9.16. The summed E-state index contributed by atoms with van der Waals surface area (Å²) in [5.74, 6) is -1.14. The van der Waals surface area contributed by atoms with Gasteiger partial charge in [-0.3, -0.25) is 9.59 Å². The lowest BCUT2D eigenvalue weighted by molar-refractivity contribution is -0.138. The van der Waals surface area contributed by atoms with Crippen molar-refractivity contribution in [2.75, 3.05) is 6.54 Å². The van der Waals surface area contributed by atoms with E-state index in [0.717, 1.165) is 24.3 Å². The van der Waals surface area contributed by atoms with Crippen molar-refractivity contribution in [2.45, 2.75) is 84.5 Å². The molecule has 4 unspecified atom stereocenters. The Morgan fingerprint density at radius 1 is 0.833 bits per heavy atom. The average molecular weight is 603 g/mol. The van der Waals surface area contributed by atoms with E-state index in [1.165, 1.54) is 38.1 Å². The normalized spacial score (nSPS) is 22.0. The highest BCUT2D eigenvalue weighted by atomic mass is 19.4. The molecule has 12 heteroatoms. The van der Waals surface area contributed by atoms with E-state index < -0.39 is 52.9 Å². The van der Waals surface area contributed by atoms with Gasteiger partial charge in [-0.05, 0) is 80.3 Å². The van der Waals surface area contributed by atoms with Gasteiger partial charge in [0.15, 0.2) is 12.2 Å². The van der Waals surface area contributed by atoms with Gasteiger partial charge in [-0.15, -0.1) is 0 Å². The lowest BCUT2D eigenvalue weighted by atomic mass is 9.62. The van der Waals surface area contributed by atoms with Crippen LogP contribution in [0.25, 0.3) is 0 Å². The summed E-state index contributed by atoms with van der Waals surface area (Å²) in [7, 11) is 0. The minimum Gasteiger partial charge on any atom is -0.481 e. The zero-order chi connectivity index (χ0) is 31.5. The van der Waals surface area contributed by atoms with Crippen LogP contribution in [0.4, 0.5) is 26.3 Å². The van der Waals surface area contributed by atoms with E-state index >= 15 is 0 Å². The van der Waals surface area contributed by atoms with Crippen molar-refractivity contribution in [2.24, 2.45) is 10.8 Å². The van der Waals surface area contributed by atoms with E-state index in [0.29, 0.717) is 19.3 Å². The Balaban J connectivity index is 1.58. The molecule has 0 aliphatic heterocycles. The van der Waals surface area contributed by atoms with Crippen LogP contribution >= 0.6 is 0 Å². The molecule has 1 aliphatic carbocycles. The highest BCUT2D eigenvalue weighted by Crippen LogP contribution is 2.46. The van der Waals surface area contributed by atoms with Crippen LogP contribution in [0.1, 0.15) is 65.0 Å². The van der Waals surface area contributed by atoms with Gasteiger partial charge in [0.05, 0.1) is 11.1 Å². The van der Waals surface area contributed by atoms with Crippen molar-refractivity contribution in [3.63, 3.8) is 0 Å². The lowest BCUT2D eigenvalue weighted by Crippen LogP contribution is -2.53. The first-order chi connectivity index (χ1) is 19.3. The first-order valence-electron chi connectivity index (χ1n) is 13.5. The largest absolute Gasteiger partial charge is 0.481 e. The van der Waals surface area contributed by atoms with Crippen molar-refractivity contribution >= 4 is 11.8 Å². The molecular weight excluding hydrogens is 566 g/mol. The number of hydrogen-bond donors (Lipinski definition) is 2. The SMILES string of the molecule is CC(Oc1cccc(C(F)(F)F)c1)C(=O)NCC1(C)CC(NC(=O)C(C)Oc2cccc(C(F)(F)F)c2)CC(C)(C)C1. The number of carbonyl (C=O) groups excluding carboxylic acids is 2. The summed E-state index contributed by atoms with van der Waals surface area (Å²) >= 11 is 0. The van der Waals surface area contributed by atoms with Gasteiger partial charge in [0.2, 0.25) is 0 Å². The molecule has 0 heterocycles. The van der Waals surface area contributed by atoms with Gasteiger partial charge in [0.25, 0.3) is 11.8 Å². The van der Waals surface area contributed by atoms with E-state index in [9.17, 15) is 35.9 Å². The number of rotatable bonds is 9. The van der Waals surface area contributed by atoms with Gasteiger partial charge in [0.1, 0.15) is 11.5 Å². The first-order valence-corrected chi connectivity index (χ1v) is 13.5. The number of benzene rings is 2. The van der Waals surface area contributed by atoms with E-state index in [4.69, 9.17) is 9.47 Å². The van der Waals surface area contributed by atoms with Gasteiger partial charge in [0, 0.05) is 12.6 Å². The van der Waals surface area contributed by atoms with Crippen LogP contribution in [0.5, 0.6) is 11.5 Å². The summed E-state index contributed by atoms with van der Waals surface area (Å²) in [4.78, 5) is 25.7. The van der Waals surface area contributed by atoms with E-state index in [2.05, 4.69) is 10.6 Å². The number of carbonyl (C=O) groups is 2. The maximum atomic E-state index is 13.0. The molecule has 0 aromatic heterocycles. The van der Waals surface area contributed by atoms with Crippen molar-refractivity contribution in [3.8, 4) is 11.5 Å². The second kappa shape index (κ2) is 12.4. The van der Waals surface area contributed by atoms with Crippen molar-refractivity contribution in [1.82, 2.24) is 10.6 Å². The molecule has 0 saturated heterocycles. The summed E-state index contributed by atoms with van der Waals surface area (Å²) < 4.78 is 89.0. The number of nitrogens with one attached hydrogen (secondary N) is 2. The smallest absolute Gasteiger partial charge is 0.416 e. The summed E-state index contributed by atoms with van der Waals surface area (Å²) in [5.41, 5.74) is -2.43. The highest BCUT2D eigenvalue weighted by Gasteiger charge is 2.42. The molecule has 2 aromatic carbocycles. The van der Waals surface area contributed by atoms with Crippen LogP contribution in [0.2, 0.25) is 0 Å². The van der Waals surface area contributed by atoms with Crippen LogP contribution in [-0.4, -0.2) is 36.6 Å². The molecule has 1 saturated carbocycles. The van der Waals surface area contributed by atoms with Gasteiger partial charge < -0.3 is 20.1 Å². The van der Waals surface area contributed by atoms with Crippen LogP contribution in [-0.2, 0) is 21.9 Å². The van der Waals surface area contributed by atoms with Crippen LogP contribution < -0.4 is 20.1 Å². The summed E-state index contributed by atoms with van der Waals surface area (Å²) in [6.07, 6.45) is -9.35. The summed E-state index contributed by atoms with van der Waals surface area (Å²) in [6, 6.07) is 8.30. The van der Waals surface area contributed by atoms with Gasteiger partial charge in [-0.25, -0.2) is 0 Å². The Kier molecular flexibility index (Phi) is 9.78. The minimum absolute atomic E-state index is 0.0783. The number of alkyl halides is 6. The van der Waals surface area contributed by atoms with E-state index in [1.54, 1.807) is 0 Å². The molecule has 2 aromatic rings. The fraction of sp³-hybridized carbons (Fsp3) is 0.533. The molecule has 232 valence electrons. The van der Waals surface area contributed by atoms with Crippen LogP contribution in [0.3, 0.4) is 0 Å². The molecule has 0 radical (unpaired) electrons. The predicted molar refractivity (Wildman–Crippen MR) is 144 cm³/mol. The molecule has 1 aliphatic rings. The molecule has 2 N–H and O–H groups in total. The third kappa shape index (κ3) is 9.29. The monoisotopic (exact) mass is 602 g/mol. The molecule has 42 heavy (non-hydrogen) atoms. The zero-order valence-electron chi connectivity index (χ0n) is 24.1. The van der Waals surface area contributed by atoms with Crippen molar-refractivity contribution < 1.29 is 45.4 Å². The van der Waals surface area contributed by atoms with E-state index in [-0.39, 0.29) is 29.5 Å². The Bertz CT molecular complexity index is 1260. The number of hydrogen-bond acceptors (Lipinski definition) is 4. The van der Waals surface area contributed by atoms with Crippen LogP contribution in [0, 0.1) is 10.8 Å². The fourth-order valence-corrected chi connectivity index (χ4v) is 5.64. The molecular formula is C30H36F6N2O4. The van der Waals surface area contributed by atoms with Crippen molar-refractivity contribution in [3.05, 3.63) is 59.7 Å². The van der Waals surface area contributed by atoms with Crippen molar-refractivity contribution in [1.29, 1.82) is 0 Å². The predicted octanol–water partition coefficient (Wildman–Crippen LogP) is 6.78. The molecule has 1 fully saturated rings. The molecule has 6 nitrogen and oxygen atoms in total. The lowest BCUT2D eigenvalue weighted by Gasteiger charge is -2.47. The molecule has 0 bridgehead atoms. The Hall–Kier alpha value is -3.44. The maximum absolute atomic E-state index is 13.0.